The van der Waals surface area contributed by atoms with Crippen molar-refractivity contribution in [2.24, 2.45) is 7.05 Å². The Morgan fingerprint density at radius 3 is 2.65 bits per heavy atom. The Balaban J connectivity index is 2.32. The lowest BCUT2D eigenvalue weighted by molar-refractivity contribution is -0.136. The number of H-pyrrole nitrogens is 1. The van der Waals surface area contributed by atoms with Gasteiger partial charge in [-0.3, -0.25) is 4.68 Å². The second-order valence-corrected chi connectivity index (χ2v) is 4.51. The normalized spacial score (nSPS) is 12.2. The van der Waals surface area contributed by atoms with E-state index in [1.807, 2.05) is 0 Å². The molecule has 3 N–H and O–H groups in total. The molecular formula is C13H11F3N4. The van der Waals surface area contributed by atoms with Gasteiger partial charge in [-0.1, -0.05) is 6.07 Å². The van der Waals surface area contributed by atoms with Crippen LogP contribution in [-0.4, -0.2) is 14.8 Å². The van der Waals surface area contributed by atoms with E-state index >= 15 is 0 Å². The number of anilines is 1. The van der Waals surface area contributed by atoms with Crippen molar-refractivity contribution >= 4 is 16.7 Å². The number of aryl methyl sites for hydroxylation is 1. The number of rotatable bonds is 1. The number of halogens is 3. The number of aromatic amines is 1. The van der Waals surface area contributed by atoms with E-state index in [-0.39, 0.29) is 5.39 Å². The van der Waals surface area contributed by atoms with E-state index in [4.69, 9.17) is 5.73 Å². The maximum atomic E-state index is 13.1. The first-order valence-electron chi connectivity index (χ1n) is 5.85. The molecule has 4 nitrogen and oxygen atoms in total. The van der Waals surface area contributed by atoms with E-state index in [2.05, 4.69) is 10.1 Å². The molecule has 2 aromatic heterocycles. The maximum Gasteiger partial charge on any atom is 0.417 e. The van der Waals surface area contributed by atoms with Gasteiger partial charge in [0.05, 0.1) is 11.3 Å². The van der Waals surface area contributed by atoms with Crippen LogP contribution in [0.3, 0.4) is 0 Å². The molecule has 0 aliphatic carbocycles. The first kappa shape index (κ1) is 12.6. The summed E-state index contributed by atoms with van der Waals surface area (Å²) >= 11 is 0. The van der Waals surface area contributed by atoms with Crippen molar-refractivity contribution in [1.29, 1.82) is 0 Å². The molecule has 3 aromatic rings. The zero-order chi connectivity index (χ0) is 14.5. The molecule has 20 heavy (non-hydrogen) atoms. The molecule has 0 fully saturated rings. The highest BCUT2D eigenvalue weighted by molar-refractivity contribution is 5.97. The SMILES string of the molecule is Cn1nc(-c2c[nH]c3cccc(C(F)(F)F)c23)cc1N. The van der Waals surface area contributed by atoms with Gasteiger partial charge in [0.1, 0.15) is 5.82 Å². The van der Waals surface area contributed by atoms with Crippen molar-refractivity contribution in [3.05, 3.63) is 36.0 Å². The van der Waals surface area contributed by atoms with Crippen LogP contribution >= 0.6 is 0 Å². The third kappa shape index (κ3) is 1.82. The van der Waals surface area contributed by atoms with Crippen molar-refractivity contribution in [3.63, 3.8) is 0 Å². The monoisotopic (exact) mass is 280 g/mol. The molecule has 0 aliphatic heterocycles. The fourth-order valence-corrected chi connectivity index (χ4v) is 2.24. The van der Waals surface area contributed by atoms with Gasteiger partial charge in [-0.2, -0.15) is 18.3 Å². The van der Waals surface area contributed by atoms with E-state index in [1.165, 1.54) is 16.9 Å². The summed E-state index contributed by atoms with van der Waals surface area (Å²) in [5, 5.41) is 4.24. The van der Waals surface area contributed by atoms with Crippen LogP contribution in [0.4, 0.5) is 19.0 Å². The lowest BCUT2D eigenvalue weighted by Gasteiger charge is -2.09. The van der Waals surface area contributed by atoms with Crippen LogP contribution in [0.5, 0.6) is 0 Å². The molecule has 0 spiro atoms. The number of benzene rings is 1. The van der Waals surface area contributed by atoms with Gasteiger partial charge in [0.2, 0.25) is 0 Å². The van der Waals surface area contributed by atoms with E-state index in [0.29, 0.717) is 22.6 Å². The highest BCUT2D eigenvalue weighted by Gasteiger charge is 2.34. The summed E-state index contributed by atoms with van der Waals surface area (Å²) in [6.45, 7) is 0. The number of nitrogens with zero attached hydrogens (tertiary/aromatic N) is 2. The highest BCUT2D eigenvalue weighted by atomic mass is 19.4. The third-order valence-corrected chi connectivity index (χ3v) is 3.20. The van der Waals surface area contributed by atoms with Gasteiger partial charge in [-0.15, -0.1) is 0 Å². The van der Waals surface area contributed by atoms with Gasteiger partial charge < -0.3 is 10.7 Å². The van der Waals surface area contributed by atoms with E-state index in [1.54, 1.807) is 19.2 Å². The molecule has 3 rings (SSSR count). The number of nitrogen functional groups attached to an aromatic ring is 1. The lowest BCUT2D eigenvalue weighted by Crippen LogP contribution is -2.05. The zero-order valence-corrected chi connectivity index (χ0v) is 10.5. The van der Waals surface area contributed by atoms with Gasteiger partial charge in [0.15, 0.2) is 0 Å². The van der Waals surface area contributed by atoms with Crippen LogP contribution in [-0.2, 0) is 13.2 Å². The number of aromatic nitrogens is 3. The Kier molecular flexibility index (Phi) is 2.53. The fraction of sp³-hybridized carbons (Fsp3) is 0.154. The van der Waals surface area contributed by atoms with Crippen LogP contribution in [0.1, 0.15) is 5.56 Å². The van der Waals surface area contributed by atoms with Crippen molar-refractivity contribution in [1.82, 2.24) is 14.8 Å². The van der Waals surface area contributed by atoms with Crippen molar-refractivity contribution in [3.8, 4) is 11.3 Å². The summed E-state index contributed by atoms with van der Waals surface area (Å²) in [7, 11) is 1.64. The Bertz CT molecular complexity index is 763. The first-order chi connectivity index (χ1) is 9.38. The van der Waals surface area contributed by atoms with Crippen molar-refractivity contribution < 1.29 is 13.2 Å². The standard InChI is InChI=1S/C13H11F3N4/c1-20-11(17)5-10(19-20)7-6-18-9-4-2-3-8(12(7)9)13(14,15)16/h2-6,18H,17H2,1H3. The number of nitrogens with two attached hydrogens (primary N) is 1. The predicted octanol–water partition coefficient (Wildman–Crippen LogP) is 3.17. The average Bonchev–Trinajstić information content (AvgIpc) is 2.92. The van der Waals surface area contributed by atoms with E-state index in [9.17, 15) is 13.2 Å². The molecule has 7 heteroatoms. The number of alkyl halides is 3. The number of hydrogen-bond acceptors (Lipinski definition) is 2. The minimum Gasteiger partial charge on any atom is -0.384 e. The van der Waals surface area contributed by atoms with Gasteiger partial charge in [-0.25, -0.2) is 0 Å². The number of fused-ring (bicyclic) bond motifs is 1. The van der Waals surface area contributed by atoms with Gasteiger partial charge >= 0.3 is 6.18 Å². The van der Waals surface area contributed by atoms with Crippen LogP contribution in [0.15, 0.2) is 30.5 Å². The van der Waals surface area contributed by atoms with Crippen LogP contribution < -0.4 is 5.73 Å². The second kappa shape index (κ2) is 4.03. The fourth-order valence-electron chi connectivity index (χ4n) is 2.24. The topological polar surface area (TPSA) is 59.6 Å². The third-order valence-electron chi connectivity index (χ3n) is 3.20. The quantitative estimate of drug-likeness (QED) is 0.719. The van der Waals surface area contributed by atoms with Crippen LogP contribution in [0.2, 0.25) is 0 Å². The largest absolute Gasteiger partial charge is 0.417 e. The number of hydrogen-bond donors (Lipinski definition) is 2. The van der Waals surface area contributed by atoms with Gasteiger partial charge in [0.25, 0.3) is 0 Å². The Hall–Kier alpha value is -2.44. The summed E-state index contributed by atoms with van der Waals surface area (Å²) in [4.78, 5) is 2.84. The molecule has 0 amide bonds. The summed E-state index contributed by atoms with van der Waals surface area (Å²) in [5.74, 6) is 0.388. The Morgan fingerprint density at radius 2 is 2.05 bits per heavy atom. The Labute approximate surface area is 112 Å². The summed E-state index contributed by atoms with van der Waals surface area (Å²) in [6, 6.07) is 5.58. The lowest BCUT2D eigenvalue weighted by atomic mass is 10.0. The van der Waals surface area contributed by atoms with Gasteiger partial charge in [-0.05, 0) is 12.1 Å². The minimum absolute atomic E-state index is 0.109. The van der Waals surface area contributed by atoms with Crippen LogP contribution in [0, 0.1) is 0 Å². The molecule has 1 aromatic carbocycles. The minimum atomic E-state index is -4.42. The summed E-state index contributed by atoms with van der Waals surface area (Å²) in [6.07, 6.45) is -2.90. The molecule has 0 saturated carbocycles. The second-order valence-electron chi connectivity index (χ2n) is 4.51. The molecule has 0 aliphatic rings. The summed E-state index contributed by atoms with van der Waals surface area (Å²) < 4.78 is 40.8. The molecule has 0 saturated heterocycles. The average molecular weight is 280 g/mol. The van der Waals surface area contributed by atoms with Crippen molar-refractivity contribution in [2.75, 3.05) is 5.73 Å². The highest BCUT2D eigenvalue weighted by Crippen LogP contribution is 2.39. The first-order valence-corrected chi connectivity index (χ1v) is 5.85. The smallest absolute Gasteiger partial charge is 0.384 e. The zero-order valence-electron chi connectivity index (χ0n) is 10.5. The molecular weight excluding hydrogens is 269 g/mol. The van der Waals surface area contributed by atoms with E-state index in [0.717, 1.165) is 6.07 Å². The summed E-state index contributed by atoms with van der Waals surface area (Å²) in [5.41, 5.74) is 6.21. The van der Waals surface area contributed by atoms with Crippen molar-refractivity contribution in [2.45, 2.75) is 6.18 Å². The molecule has 0 bridgehead atoms. The van der Waals surface area contributed by atoms with Gasteiger partial charge in [0, 0.05) is 35.8 Å². The van der Waals surface area contributed by atoms with E-state index < -0.39 is 11.7 Å². The Morgan fingerprint density at radius 1 is 1.30 bits per heavy atom. The van der Waals surface area contributed by atoms with Crippen LogP contribution in [0.25, 0.3) is 22.2 Å². The molecule has 0 radical (unpaired) electrons. The molecule has 0 atom stereocenters. The molecule has 104 valence electrons. The predicted molar refractivity (Wildman–Crippen MR) is 69.9 cm³/mol. The molecule has 0 unspecified atom stereocenters. The molecule has 2 heterocycles. The maximum absolute atomic E-state index is 13.1. The number of nitrogens with one attached hydrogen (secondary N) is 1.